The Kier molecular flexibility index (Phi) is 3.49. The highest BCUT2D eigenvalue weighted by atomic mass is 35.5. The Hall–Kier alpha value is -1.74. The van der Waals surface area contributed by atoms with Gasteiger partial charge >= 0.3 is 0 Å². The Labute approximate surface area is 103 Å². The number of benzene rings is 2. The topological polar surface area (TPSA) is 29.5 Å². The number of halogens is 2. The molecule has 0 radical (unpaired) electrons. The van der Waals surface area contributed by atoms with Crippen LogP contribution in [0.15, 0.2) is 42.5 Å². The summed E-state index contributed by atoms with van der Waals surface area (Å²) in [7, 11) is 0. The van der Waals surface area contributed by atoms with E-state index in [9.17, 15) is 9.50 Å². The molecular weight excluding hydrogens is 243 g/mol. The van der Waals surface area contributed by atoms with Crippen LogP contribution < -0.4 is 4.74 Å². The standard InChI is InChI=1S/C13H10ClFO2/c14-10-3-1-2-4-13(10)17-8-9-5-6-11(15)12(16)7-9/h1-7,16H,8H2. The third-order valence-electron chi connectivity index (χ3n) is 2.24. The van der Waals surface area contributed by atoms with Crippen molar-refractivity contribution in [3.05, 3.63) is 58.9 Å². The highest BCUT2D eigenvalue weighted by Gasteiger charge is 2.04. The van der Waals surface area contributed by atoms with Crippen molar-refractivity contribution in [3.63, 3.8) is 0 Å². The smallest absolute Gasteiger partial charge is 0.164 e. The molecule has 0 amide bonds. The van der Waals surface area contributed by atoms with Gasteiger partial charge in [-0.15, -0.1) is 0 Å². The SMILES string of the molecule is Oc1cc(COc2ccccc2Cl)ccc1F. The van der Waals surface area contributed by atoms with Crippen LogP contribution in [0, 0.1) is 5.82 Å². The summed E-state index contributed by atoms with van der Waals surface area (Å²) in [5.41, 5.74) is 0.670. The summed E-state index contributed by atoms with van der Waals surface area (Å²) < 4.78 is 18.3. The van der Waals surface area contributed by atoms with E-state index in [2.05, 4.69) is 0 Å². The zero-order valence-corrected chi connectivity index (χ0v) is 9.62. The Morgan fingerprint density at radius 2 is 1.94 bits per heavy atom. The van der Waals surface area contributed by atoms with Crippen molar-refractivity contribution in [2.45, 2.75) is 6.61 Å². The van der Waals surface area contributed by atoms with Crippen molar-refractivity contribution < 1.29 is 14.2 Å². The minimum atomic E-state index is -0.647. The summed E-state index contributed by atoms with van der Waals surface area (Å²) in [5.74, 6) is -0.477. The fraction of sp³-hybridized carbons (Fsp3) is 0.0769. The van der Waals surface area contributed by atoms with E-state index in [1.807, 2.05) is 6.07 Å². The van der Waals surface area contributed by atoms with Crippen molar-refractivity contribution >= 4 is 11.6 Å². The van der Waals surface area contributed by atoms with Crippen LogP contribution in [-0.2, 0) is 6.61 Å². The average molecular weight is 253 g/mol. The molecular formula is C13H10ClFO2. The molecule has 0 aliphatic heterocycles. The number of hydrogen-bond acceptors (Lipinski definition) is 2. The van der Waals surface area contributed by atoms with Gasteiger partial charge in [-0.05, 0) is 29.8 Å². The molecule has 1 N–H and O–H groups in total. The molecule has 0 heterocycles. The predicted molar refractivity (Wildman–Crippen MR) is 63.8 cm³/mol. The van der Waals surface area contributed by atoms with Gasteiger partial charge < -0.3 is 9.84 Å². The molecule has 0 fully saturated rings. The molecule has 0 aromatic heterocycles. The number of hydrogen-bond donors (Lipinski definition) is 1. The van der Waals surface area contributed by atoms with E-state index in [4.69, 9.17) is 16.3 Å². The summed E-state index contributed by atoms with van der Waals surface area (Å²) >= 11 is 5.91. The zero-order valence-electron chi connectivity index (χ0n) is 8.86. The largest absolute Gasteiger partial charge is 0.505 e. The lowest BCUT2D eigenvalue weighted by atomic mass is 10.2. The number of phenols is 1. The maximum Gasteiger partial charge on any atom is 0.164 e. The van der Waals surface area contributed by atoms with E-state index >= 15 is 0 Å². The first-order valence-corrected chi connectivity index (χ1v) is 5.39. The van der Waals surface area contributed by atoms with Gasteiger partial charge in [-0.25, -0.2) is 4.39 Å². The highest BCUT2D eigenvalue weighted by Crippen LogP contribution is 2.25. The van der Waals surface area contributed by atoms with Crippen molar-refractivity contribution in [1.29, 1.82) is 0 Å². The fourth-order valence-corrected chi connectivity index (χ4v) is 1.56. The Morgan fingerprint density at radius 1 is 1.18 bits per heavy atom. The molecule has 0 saturated carbocycles. The van der Waals surface area contributed by atoms with E-state index in [1.54, 1.807) is 24.3 Å². The third kappa shape index (κ3) is 2.88. The fourth-order valence-electron chi connectivity index (χ4n) is 1.37. The van der Waals surface area contributed by atoms with Gasteiger partial charge in [-0.3, -0.25) is 0 Å². The van der Waals surface area contributed by atoms with Gasteiger partial charge in [0.1, 0.15) is 12.4 Å². The molecule has 17 heavy (non-hydrogen) atoms. The third-order valence-corrected chi connectivity index (χ3v) is 2.55. The van der Waals surface area contributed by atoms with Crippen LogP contribution in [0.25, 0.3) is 0 Å². The van der Waals surface area contributed by atoms with Gasteiger partial charge in [-0.1, -0.05) is 29.8 Å². The summed E-state index contributed by atoms with van der Waals surface area (Å²) in [6.45, 7) is 0.220. The molecule has 0 aliphatic carbocycles. The molecule has 2 aromatic rings. The first-order valence-electron chi connectivity index (χ1n) is 5.01. The van der Waals surface area contributed by atoms with E-state index in [-0.39, 0.29) is 12.4 Å². The number of phenolic OH excluding ortho intramolecular Hbond substituents is 1. The molecule has 0 bridgehead atoms. The minimum absolute atomic E-state index is 0.220. The summed E-state index contributed by atoms with van der Waals surface area (Å²) in [6.07, 6.45) is 0. The van der Waals surface area contributed by atoms with Crippen molar-refractivity contribution in [2.24, 2.45) is 0 Å². The highest BCUT2D eigenvalue weighted by molar-refractivity contribution is 6.32. The molecule has 0 atom stereocenters. The van der Waals surface area contributed by atoms with Crippen LogP contribution in [0.4, 0.5) is 4.39 Å². The van der Waals surface area contributed by atoms with Crippen LogP contribution in [0.1, 0.15) is 5.56 Å². The van der Waals surface area contributed by atoms with Gasteiger partial charge in [0, 0.05) is 0 Å². The number of ether oxygens (including phenoxy) is 1. The van der Waals surface area contributed by atoms with E-state index in [1.165, 1.54) is 12.1 Å². The van der Waals surface area contributed by atoms with E-state index in [0.717, 1.165) is 0 Å². The number of rotatable bonds is 3. The Balaban J connectivity index is 2.08. The number of para-hydroxylation sites is 1. The molecule has 88 valence electrons. The van der Waals surface area contributed by atoms with Crippen LogP contribution in [0.2, 0.25) is 5.02 Å². The van der Waals surface area contributed by atoms with E-state index in [0.29, 0.717) is 16.3 Å². The van der Waals surface area contributed by atoms with Crippen LogP contribution in [0.5, 0.6) is 11.5 Å². The van der Waals surface area contributed by atoms with Gasteiger partial charge in [0.05, 0.1) is 5.02 Å². The van der Waals surface area contributed by atoms with Gasteiger partial charge in [-0.2, -0.15) is 0 Å². The number of aromatic hydroxyl groups is 1. The molecule has 2 aromatic carbocycles. The second-order valence-electron chi connectivity index (χ2n) is 3.50. The van der Waals surface area contributed by atoms with Crippen LogP contribution >= 0.6 is 11.6 Å². The molecule has 0 spiro atoms. The summed E-state index contributed by atoms with van der Waals surface area (Å²) in [6, 6.07) is 11.1. The van der Waals surface area contributed by atoms with Crippen molar-refractivity contribution in [2.75, 3.05) is 0 Å². The van der Waals surface area contributed by atoms with Gasteiger partial charge in [0.25, 0.3) is 0 Å². The monoisotopic (exact) mass is 252 g/mol. The lowest BCUT2D eigenvalue weighted by Crippen LogP contribution is -1.96. The maximum atomic E-state index is 12.8. The normalized spacial score (nSPS) is 10.2. The Morgan fingerprint density at radius 3 is 2.65 bits per heavy atom. The van der Waals surface area contributed by atoms with Crippen LogP contribution in [-0.4, -0.2) is 5.11 Å². The second-order valence-corrected chi connectivity index (χ2v) is 3.91. The van der Waals surface area contributed by atoms with Gasteiger partial charge in [0.2, 0.25) is 0 Å². The molecule has 0 unspecified atom stereocenters. The minimum Gasteiger partial charge on any atom is -0.505 e. The Bertz CT molecular complexity index is 529. The van der Waals surface area contributed by atoms with Gasteiger partial charge in [0.15, 0.2) is 11.6 Å². The molecule has 4 heteroatoms. The van der Waals surface area contributed by atoms with Crippen LogP contribution in [0.3, 0.4) is 0 Å². The quantitative estimate of drug-likeness (QED) is 0.901. The predicted octanol–water partition coefficient (Wildman–Crippen LogP) is 3.76. The molecule has 2 rings (SSSR count). The molecule has 0 saturated heterocycles. The molecule has 2 nitrogen and oxygen atoms in total. The lowest BCUT2D eigenvalue weighted by molar-refractivity contribution is 0.305. The summed E-state index contributed by atoms with van der Waals surface area (Å²) in [5, 5.41) is 9.71. The zero-order chi connectivity index (χ0) is 12.3. The maximum absolute atomic E-state index is 12.8. The molecule has 0 aliphatic rings. The average Bonchev–Trinajstić information content (AvgIpc) is 2.32. The second kappa shape index (κ2) is 5.06. The van der Waals surface area contributed by atoms with Crippen molar-refractivity contribution in [1.82, 2.24) is 0 Å². The lowest BCUT2D eigenvalue weighted by Gasteiger charge is -2.08. The first kappa shape index (κ1) is 11.7. The first-order chi connectivity index (χ1) is 8.16. The van der Waals surface area contributed by atoms with E-state index < -0.39 is 5.82 Å². The summed E-state index contributed by atoms with van der Waals surface area (Å²) in [4.78, 5) is 0. The van der Waals surface area contributed by atoms with Crippen molar-refractivity contribution in [3.8, 4) is 11.5 Å².